The van der Waals surface area contributed by atoms with Gasteiger partial charge in [0.05, 0.1) is 6.61 Å². The molecule has 0 N–H and O–H groups in total. The van der Waals surface area contributed by atoms with Crippen LogP contribution in [0.5, 0.6) is 0 Å². The third-order valence-electron chi connectivity index (χ3n) is 5.53. The van der Waals surface area contributed by atoms with Gasteiger partial charge in [-0.15, -0.1) is 0 Å². The molecule has 0 aromatic heterocycles. The molecule has 0 aliphatic heterocycles. The third kappa shape index (κ3) is 6.17. The van der Waals surface area contributed by atoms with Crippen molar-refractivity contribution in [2.45, 2.75) is 39.0 Å². The molecule has 0 unspecified atom stereocenters. The van der Waals surface area contributed by atoms with Crippen molar-refractivity contribution in [3.05, 3.63) is 76.9 Å². The lowest BCUT2D eigenvalue weighted by Crippen LogP contribution is -2.20. The highest BCUT2D eigenvalue weighted by Crippen LogP contribution is 2.33. The van der Waals surface area contributed by atoms with Gasteiger partial charge in [-0.1, -0.05) is 73.2 Å². The van der Waals surface area contributed by atoms with E-state index in [-0.39, 0.29) is 5.97 Å². The maximum atomic E-state index is 11.4. The van der Waals surface area contributed by atoms with Gasteiger partial charge in [0.15, 0.2) is 0 Å². The van der Waals surface area contributed by atoms with Gasteiger partial charge < -0.3 is 9.64 Å². The first-order valence-corrected chi connectivity index (χ1v) is 11.1. The van der Waals surface area contributed by atoms with Gasteiger partial charge in [-0.3, -0.25) is 4.79 Å². The number of ether oxygens (including phenoxy) is 1. The highest BCUT2D eigenvalue weighted by Gasteiger charge is 2.14. The summed E-state index contributed by atoms with van der Waals surface area (Å²) in [7, 11) is 2.18. The molecule has 3 rings (SSSR count). The number of unbranched alkanes of at least 4 members (excludes halogenated alkanes) is 2. The molecule has 0 radical (unpaired) electrons. The van der Waals surface area contributed by atoms with Crippen LogP contribution < -0.4 is 0 Å². The van der Waals surface area contributed by atoms with E-state index in [1.165, 1.54) is 27.8 Å². The summed E-state index contributed by atoms with van der Waals surface area (Å²) in [6.07, 6.45) is 11.5. The molecule has 0 amide bonds. The molecule has 0 atom stereocenters. The van der Waals surface area contributed by atoms with Crippen molar-refractivity contribution in [3.63, 3.8) is 0 Å². The first kappa shape index (κ1) is 22.0. The molecule has 0 saturated carbocycles. The SMILES string of the molecule is CCOC(=O)CCCCCN(C)CCC=C1c2ccccc2C=Cc2ccccc21. The van der Waals surface area contributed by atoms with Gasteiger partial charge in [0.2, 0.25) is 0 Å². The lowest BCUT2D eigenvalue weighted by atomic mass is 9.93. The fourth-order valence-corrected chi connectivity index (χ4v) is 3.92. The fourth-order valence-electron chi connectivity index (χ4n) is 3.92. The van der Waals surface area contributed by atoms with Crippen molar-refractivity contribution in [1.82, 2.24) is 4.90 Å². The minimum Gasteiger partial charge on any atom is -0.466 e. The lowest BCUT2D eigenvalue weighted by molar-refractivity contribution is -0.143. The number of hydrogen-bond donors (Lipinski definition) is 0. The topological polar surface area (TPSA) is 29.5 Å². The zero-order valence-electron chi connectivity index (χ0n) is 18.3. The largest absolute Gasteiger partial charge is 0.466 e. The van der Waals surface area contributed by atoms with Crippen LogP contribution in [0.15, 0.2) is 54.6 Å². The predicted octanol–water partition coefficient (Wildman–Crippen LogP) is 6.05. The predicted molar refractivity (Wildman–Crippen MR) is 126 cm³/mol. The Morgan fingerprint density at radius 3 is 2.17 bits per heavy atom. The number of nitrogens with zero attached hydrogens (tertiary/aromatic N) is 1. The third-order valence-corrected chi connectivity index (χ3v) is 5.53. The molecular formula is C27H33NO2. The maximum Gasteiger partial charge on any atom is 0.305 e. The summed E-state index contributed by atoms with van der Waals surface area (Å²) in [4.78, 5) is 13.8. The fraction of sp³-hybridized carbons (Fsp3) is 0.370. The van der Waals surface area contributed by atoms with Crippen LogP contribution in [0.2, 0.25) is 0 Å². The molecule has 0 heterocycles. The average Bonchev–Trinajstić information content (AvgIpc) is 2.91. The summed E-state index contributed by atoms with van der Waals surface area (Å²) in [6.45, 7) is 4.41. The van der Waals surface area contributed by atoms with E-state index in [4.69, 9.17) is 4.74 Å². The minimum absolute atomic E-state index is 0.0732. The summed E-state index contributed by atoms with van der Waals surface area (Å²) < 4.78 is 4.98. The Bertz CT molecular complexity index is 846. The monoisotopic (exact) mass is 403 g/mol. The maximum absolute atomic E-state index is 11.4. The Kier molecular flexibility index (Phi) is 8.46. The molecule has 158 valence electrons. The van der Waals surface area contributed by atoms with Crippen molar-refractivity contribution in [1.29, 1.82) is 0 Å². The smallest absolute Gasteiger partial charge is 0.305 e. The van der Waals surface area contributed by atoms with Crippen LogP contribution in [-0.2, 0) is 9.53 Å². The van der Waals surface area contributed by atoms with Crippen LogP contribution >= 0.6 is 0 Å². The van der Waals surface area contributed by atoms with Gasteiger partial charge in [-0.05, 0) is 67.6 Å². The van der Waals surface area contributed by atoms with Crippen molar-refractivity contribution < 1.29 is 9.53 Å². The molecule has 30 heavy (non-hydrogen) atoms. The normalized spacial score (nSPS) is 12.3. The van der Waals surface area contributed by atoms with Crippen LogP contribution in [0, 0.1) is 0 Å². The first-order chi connectivity index (χ1) is 14.7. The quantitative estimate of drug-likeness (QED) is 0.305. The standard InChI is InChI=1S/C27H33NO2/c1-3-30-27(29)17-5-4-10-20-28(2)21-11-16-26-24-14-8-6-12-22(24)18-19-23-13-7-9-15-25(23)26/h6-9,12-16,18-19H,3-5,10-11,17,20-21H2,1-2H3. The lowest BCUT2D eigenvalue weighted by Gasteiger charge is -2.17. The second-order valence-electron chi connectivity index (χ2n) is 7.83. The molecule has 0 saturated heterocycles. The molecular weight excluding hydrogens is 370 g/mol. The van der Waals surface area contributed by atoms with E-state index in [0.29, 0.717) is 13.0 Å². The van der Waals surface area contributed by atoms with Gasteiger partial charge in [0.1, 0.15) is 0 Å². The van der Waals surface area contributed by atoms with Gasteiger partial charge in [0, 0.05) is 13.0 Å². The summed E-state index contributed by atoms with van der Waals surface area (Å²) in [6, 6.07) is 17.3. The molecule has 0 spiro atoms. The molecule has 2 aromatic carbocycles. The summed E-state index contributed by atoms with van der Waals surface area (Å²) >= 11 is 0. The Labute approximate surface area is 181 Å². The van der Waals surface area contributed by atoms with E-state index in [1.54, 1.807) is 0 Å². The number of fused-ring (bicyclic) bond motifs is 2. The number of hydrogen-bond acceptors (Lipinski definition) is 3. The molecule has 1 aliphatic rings. The Morgan fingerprint density at radius 2 is 1.53 bits per heavy atom. The molecule has 3 heteroatoms. The average molecular weight is 404 g/mol. The second kappa shape index (κ2) is 11.5. The van der Waals surface area contributed by atoms with Crippen molar-refractivity contribution >= 4 is 23.7 Å². The Hall–Kier alpha value is -2.65. The Balaban J connectivity index is 1.55. The van der Waals surface area contributed by atoms with Crippen molar-refractivity contribution in [2.75, 3.05) is 26.7 Å². The van der Waals surface area contributed by atoms with Gasteiger partial charge in [-0.2, -0.15) is 0 Å². The van der Waals surface area contributed by atoms with Crippen LogP contribution in [-0.4, -0.2) is 37.6 Å². The van der Waals surface area contributed by atoms with E-state index in [1.807, 2.05) is 6.92 Å². The first-order valence-electron chi connectivity index (χ1n) is 11.1. The molecule has 0 fully saturated rings. The Morgan fingerprint density at radius 1 is 0.900 bits per heavy atom. The zero-order chi connectivity index (χ0) is 21.2. The molecule has 1 aliphatic carbocycles. The highest BCUT2D eigenvalue weighted by atomic mass is 16.5. The zero-order valence-corrected chi connectivity index (χ0v) is 18.3. The van der Waals surface area contributed by atoms with Crippen LogP contribution in [0.1, 0.15) is 61.3 Å². The van der Waals surface area contributed by atoms with Crippen LogP contribution in [0.4, 0.5) is 0 Å². The van der Waals surface area contributed by atoms with Crippen LogP contribution in [0.25, 0.3) is 17.7 Å². The van der Waals surface area contributed by atoms with E-state index in [2.05, 4.69) is 78.7 Å². The number of carbonyl (C=O) groups excluding carboxylic acids is 1. The van der Waals surface area contributed by atoms with E-state index < -0.39 is 0 Å². The van der Waals surface area contributed by atoms with Gasteiger partial charge in [0.25, 0.3) is 0 Å². The molecule has 0 bridgehead atoms. The van der Waals surface area contributed by atoms with Crippen molar-refractivity contribution in [2.24, 2.45) is 0 Å². The molecule has 3 nitrogen and oxygen atoms in total. The number of esters is 1. The van der Waals surface area contributed by atoms with Crippen molar-refractivity contribution in [3.8, 4) is 0 Å². The van der Waals surface area contributed by atoms with E-state index in [9.17, 15) is 4.79 Å². The van der Waals surface area contributed by atoms with E-state index >= 15 is 0 Å². The summed E-state index contributed by atoms with van der Waals surface area (Å²) in [5, 5.41) is 0. The van der Waals surface area contributed by atoms with Crippen LogP contribution in [0.3, 0.4) is 0 Å². The number of rotatable bonds is 10. The number of benzene rings is 2. The summed E-state index contributed by atoms with van der Waals surface area (Å²) in [5.41, 5.74) is 6.49. The second-order valence-corrected chi connectivity index (χ2v) is 7.83. The minimum atomic E-state index is -0.0732. The number of carbonyl (C=O) groups is 1. The van der Waals surface area contributed by atoms with Gasteiger partial charge in [-0.25, -0.2) is 0 Å². The van der Waals surface area contributed by atoms with Gasteiger partial charge >= 0.3 is 5.97 Å². The highest BCUT2D eigenvalue weighted by molar-refractivity contribution is 5.93. The molecule has 2 aromatic rings. The summed E-state index contributed by atoms with van der Waals surface area (Å²) in [5.74, 6) is -0.0732. The van der Waals surface area contributed by atoms with E-state index in [0.717, 1.165) is 38.8 Å².